The highest BCUT2D eigenvalue weighted by molar-refractivity contribution is 6.04. The van der Waals surface area contributed by atoms with Crippen molar-refractivity contribution in [1.29, 1.82) is 0 Å². The average molecular weight is 411 g/mol. The van der Waals surface area contributed by atoms with Crippen molar-refractivity contribution in [3.05, 3.63) is 65.9 Å². The molecule has 1 saturated carbocycles. The van der Waals surface area contributed by atoms with Crippen LogP contribution in [0.1, 0.15) is 34.5 Å². The largest absolute Gasteiger partial charge is 0.342 e. The summed E-state index contributed by atoms with van der Waals surface area (Å²) in [6.45, 7) is 1.31. The zero-order valence-electron chi connectivity index (χ0n) is 16.2. The van der Waals surface area contributed by atoms with Crippen LogP contribution in [0, 0.1) is 6.92 Å². The Morgan fingerprint density at radius 1 is 1.27 bits per heavy atom. The van der Waals surface area contributed by atoms with Gasteiger partial charge in [0.1, 0.15) is 24.2 Å². The van der Waals surface area contributed by atoms with E-state index in [1.165, 1.54) is 12.6 Å². The van der Waals surface area contributed by atoms with Gasteiger partial charge in [-0.15, -0.1) is 0 Å². The lowest BCUT2D eigenvalue weighted by atomic mass is 10.1. The number of pyridine rings is 1. The third kappa shape index (κ3) is 4.35. The Morgan fingerprint density at radius 2 is 2.07 bits per heavy atom. The van der Waals surface area contributed by atoms with Crippen molar-refractivity contribution >= 4 is 17.2 Å². The topological polar surface area (TPSA) is 85.3 Å². The molecule has 9 heteroatoms. The summed E-state index contributed by atoms with van der Waals surface area (Å²) in [5.41, 5.74) is 3.63. The van der Waals surface area contributed by atoms with Crippen LogP contribution < -0.4 is 5.32 Å². The number of anilines is 1. The molecule has 3 heterocycles. The summed E-state index contributed by atoms with van der Waals surface area (Å²) < 4.78 is 30.3. The van der Waals surface area contributed by atoms with Gasteiger partial charge in [0.2, 0.25) is 12.2 Å². The van der Waals surface area contributed by atoms with Crippen LogP contribution in [-0.4, -0.2) is 31.6 Å². The SMILES string of the molecule is Cc1ccc(-c2ncon2)cc1NC(=O)c1cnc2cc(CF)ccn12.FC1CC1. The van der Waals surface area contributed by atoms with Crippen LogP contribution in [-0.2, 0) is 6.67 Å². The second-order valence-electron chi connectivity index (χ2n) is 6.95. The molecule has 4 aromatic rings. The molecule has 0 bridgehead atoms. The molecule has 30 heavy (non-hydrogen) atoms. The van der Waals surface area contributed by atoms with E-state index in [0.29, 0.717) is 28.4 Å². The van der Waals surface area contributed by atoms with Crippen molar-refractivity contribution in [2.45, 2.75) is 32.6 Å². The van der Waals surface area contributed by atoms with Gasteiger partial charge in [-0.1, -0.05) is 17.3 Å². The van der Waals surface area contributed by atoms with E-state index < -0.39 is 12.8 Å². The standard InChI is InChI=1S/C18H14FN5O2.C3H5F/c1-11-2-3-13(17-21-10-26-23-17)7-14(11)22-18(25)15-9-20-16-6-12(8-19)4-5-24(15)16;4-3-1-2-3/h2-7,9-10H,8H2,1H3,(H,22,25);3H,1-2H2. The molecular weight excluding hydrogens is 392 g/mol. The molecule has 3 aromatic heterocycles. The van der Waals surface area contributed by atoms with Crippen molar-refractivity contribution in [3.8, 4) is 11.4 Å². The second-order valence-corrected chi connectivity index (χ2v) is 6.95. The summed E-state index contributed by atoms with van der Waals surface area (Å²) in [5, 5.41) is 6.68. The molecule has 1 amide bonds. The maximum Gasteiger partial charge on any atom is 0.274 e. The first-order valence-electron chi connectivity index (χ1n) is 9.40. The smallest absolute Gasteiger partial charge is 0.274 e. The van der Waals surface area contributed by atoms with Crippen molar-refractivity contribution in [2.24, 2.45) is 0 Å². The van der Waals surface area contributed by atoms with Gasteiger partial charge >= 0.3 is 0 Å². The normalized spacial score (nSPS) is 13.0. The molecule has 7 nitrogen and oxygen atoms in total. The molecule has 0 aliphatic heterocycles. The monoisotopic (exact) mass is 411 g/mol. The van der Waals surface area contributed by atoms with Gasteiger partial charge in [-0.25, -0.2) is 13.8 Å². The summed E-state index contributed by atoms with van der Waals surface area (Å²) in [5.74, 6) is 0.118. The highest BCUT2D eigenvalue weighted by Crippen LogP contribution is 2.24. The number of aryl methyl sites for hydroxylation is 1. The Kier molecular flexibility index (Phi) is 5.51. The fraction of sp³-hybridized carbons (Fsp3) is 0.238. The third-order valence-corrected chi connectivity index (χ3v) is 4.58. The number of nitrogens with zero attached hydrogens (tertiary/aromatic N) is 4. The van der Waals surface area contributed by atoms with Crippen molar-refractivity contribution in [2.75, 3.05) is 5.32 Å². The Balaban J connectivity index is 0.000000489. The lowest BCUT2D eigenvalue weighted by Crippen LogP contribution is -2.15. The molecule has 1 aromatic carbocycles. The third-order valence-electron chi connectivity index (χ3n) is 4.58. The molecule has 1 aliphatic rings. The Hall–Kier alpha value is -3.62. The number of nitrogens with one attached hydrogen (secondary N) is 1. The van der Waals surface area contributed by atoms with Crippen LogP contribution in [0.15, 0.2) is 53.6 Å². The average Bonchev–Trinajstić information content (AvgIpc) is 3.22. The first-order chi connectivity index (χ1) is 14.5. The van der Waals surface area contributed by atoms with Crippen LogP contribution in [0.4, 0.5) is 14.5 Å². The number of carbonyl (C=O) groups is 1. The Labute approximate surface area is 170 Å². The zero-order chi connectivity index (χ0) is 21.1. The lowest BCUT2D eigenvalue weighted by molar-refractivity contribution is 0.102. The van der Waals surface area contributed by atoms with Crippen LogP contribution in [0.5, 0.6) is 0 Å². The molecule has 1 aliphatic carbocycles. The number of aromatic nitrogens is 4. The van der Waals surface area contributed by atoms with E-state index in [9.17, 15) is 13.6 Å². The predicted molar refractivity (Wildman–Crippen MR) is 107 cm³/mol. The molecule has 0 unspecified atom stereocenters. The fourth-order valence-corrected chi connectivity index (χ4v) is 2.72. The number of halogens is 2. The van der Waals surface area contributed by atoms with Gasteiger partial charge in [-0.2, -0.15) is 4.98 Å². The molecule has 5 rings (SSSR count). The van der Waals surface area contributed by atoms with E-state index in [1.807, 2.05) is 19.1 Å². The van der Waals surface area contributed by atoms with E-state index in [2.05, 4.69) is 20.4 Å². The molecule has 1 fully saturated rings. The number of imidazole rings is 1. The molecule has 0 radical (unpaired) electrons. The number of amides is 1. The maximum atomic E-state index is 12.8. The van der Waals surface area contributed by atoms with Crippen molar-refractivity contribution < 1.29 is 18.1 Å². The summed E-state index contributed by atoms with van der Waals surface area (Å²) in [7, 11) is 0. The highest BCUT2D eigenvalue weighted by atomic mass is 19.1. The molecule has 0 spiro atoms. The molecule has 0 atom stereocenters. The number of hydrogen-bond donors (Lipinski definition) is 1. The first-order valence-corrected chi connectivity index (χ1v) is 9.40. The molecule has 1 N–H and O–H groups in total. The van der Waals surface area contributed by atoms with E-state index in [-0.39, 0.29) is 5.91 Å². The predicted octanol–water partition coefficient (Wildman–Crippen LogP) is 4.53. The number of hydrogen-bond acceptors (Lipinski definition) is 5. The van der Waals surface area contributed by atoms with Gasteiger partial charge < -0.3 is 9.84 Å². The van der Waals surface area contributed by atoms with Crippen LogP contribution >= 0.6 is 0 Å². The van der Waals surface area contributed by atoms with Crippen LogP contribution in [0.3, 0.4) is 0 Å². The zero-order valence-corrected chi connectivity index (χ0v) is 16.2. The van der Waals surface area contributed by atoms with Gasteiger partial charge in [-0.05, 0) is 49.1 Å². The molecular formula is C21H19F2N5O2. The number of benzene rings is 1. The second kappa shape index (κ2) is 8.40. The summed E-state index contributed by atoms with van der Waals surface area (Å²) in [6.07, 6.45) is 5.57. The van der Waals surface area contributed by atoms with Crippen molar-refractivity contribution in [1.82, 2.24) is 19.5 Å². The molecule has 154 valence electrons. The summed E-state index contributed by atoms with van der Waals surface area (Å²) >= 11 is 0. The van der Waals surface area contributed by atoms with E-state index >= 15 is 0 Å². The minimum atomic E-state index is -0.576. The van der Waals surface area contributed by atoms with Gasteiger partial charge in [0, 0.05) is 17.4 Å². The van der Waals surface area contributed by atoms with Gasteiger partial charge in [0.15, 0.2) is 0 Å². The number of fused-ring (bicyclic) bond motifs is 1. The van der Waals surface area contributed by atoms with E-state index in [4.69, 9.17) is 4.52 Å². The van der Waals surface area contributed by atoms with E-state index in [1.54, 1.807) is 28.8 Å². The Bertz CT molecular complexity index is 1170. The minimum absolute atomic E-state index is 0.320. The van der Waals surface area contributed by atoms with Crippen LogP contribution in [0.25, 0.3) is 17.0 Å². The number of rotatable bonds is 4. The highest BCUT2D eigenvalue weighted by Gasteiger charge is 2.18. The first kappa shape index (κ1) is 19.7. The number of carbonyl (C=O) groups excluding carboxylic acids is 1. The summed E-state index contributed by atoms with van der Waals surface area (Å²) in [6, 6.07) is 8.72. The van der Waals surface area contributed by atoms with E-state index in [0.717, 1.165) is 24.0 Å². The number of alkyl halides is 2. The minimum Gasteiger partial charge on any atom is -0.342 e. The Morgan fingerprint density at radius 3 is 2.73 bits per heavy atom. The fourth-order valence-electron chi connectivity index (χ4n) is 2.72. The van der Waals surface area contributed by atoms with Crippen LogP contribution in [0.2, 0.25) is 0 Å². The van der Waals surface area contributed by atoms with Gasteiger partial charge in [0.05, 0.1) is 6.20 Å². The van der Waals surface area contributed by atoms with Gasteiger partial charge in [0.25, 0.3) is 5.91 Å². The van der Waals surface area contributed by atoms with Gasteiger partial charge in [-0.3, -0.25) is 9.20 Å². The quantitative estimate of drug-likeness (QED) is 0.533. The maximum absolute atomic E-state index is 12.8. The summed E-state index contributed by atoms with van der Waals surface area (Å²) in [4.78, 5) is 20.9. The van der Waals surface area contributed by atoms with Crippen molar-refractivity contribution in [3.63, 3.8) is 0 Å². The molecule has 0 saturated heterocycles. The lowest BCUT2D eigenvalue weighted by Gasteiger charge is -2.09.